The van der Waals surface area contributed by atoms with Gasteiger partial charge in [0.1, 0.15) is 0 Å². The van der Waals surface area contributed by atoms with Gasteiger partial charge in [-0.15, -0.1) is 34.0 Å². The van der Waals surface area contributed by atoms with Gasteiger partial charge >= 0.3 is 0 Å². The molecule has 1 N–H and O–H groups in total. The highest BCUT2D eigenvalue weighted by molar-refractivity contribution is 9.10. The molecular weight excluding hydrogens is 350 g/mol. The van der Waals surface area contributed by atoms with Crippen LogP contribution >= 0.6 is 49.9 Å². The lowest BCUT2D eigenvalue weighted by Gasteiger charge is -2.01. The van der Waals surface area contributed by atoms with Crippen molar-refractivity contribution in [2.45, 2.75) is 6.54 Å². The molecule has 18 heavy (non-hydrogen) atoms. The number of carbonyl (C=O) groups is 1. The molecule has 0 fully saturated rings. The standard InChI is InChI=1S/C12H8BrNOS3/c13-7-1-3-17-11(7)6-14-12(15)10-5-9-8(18-10)2-4-16-9/h1-5H,6H2,(H,14,15). The van der Waals surface area contributed by atoms with Gasteiger partial charge in [0.15, 0.2) is 0 Å². The maximum Gasteiger partial charge on any atom is 0.261 e. The molecule has 1 amide bonds. The van der Waals surface area contributed by atoms with Gasteiger partial charge in [-0.25, -0.2) is 0 Å². The Morgan fingerprint density at radius 2 is 2.06 bits per heavy atom. The Morgan fingerprint density at radius 1 is 1.22 bits per heavy atom. The number of hydrogen-bond donors (Lipinski definition) is 1. The Balaban J connectivity index is 1.72. The second kappa shape index (κ2) is 5.13. The maximum absolute atomic E-state index is 12.0. The number of rotatable bonds is 3. The third-order valence-corrected chi connectivity index (χ3v) is 6.48. The number of halogens is 1. The topological polar surface area (TPSA) is 29.1 Å². The van der Waals surface area contributed by atoms with Gasteiger partial charge in [0.05, 0.1) is 11.4 Å². The summed E-state index contributed by atoms with van der Waals surface area (Å²) in [7, 11) is 0. The Bertz CT molecular complexity index is 668. The monoisotopic (exact) mass is 357 g/mol. The third-order valence-electron chi connectivity index (χ3n) is 2.46. The van der Waals surface area contributed by atoms with Gasteiger partial charge in [-0.05, 0) is 44.9 Å². The van der Waals surface area contributed by atoms with Crippen LogP contribution in [0, 0.1) is 0 Å². The molecule has 0 saturated carbocycles. The van der Waals surface area contributed by atoms with Crippen LogP contribution in [0.2, 0.25) is 0 Å². The minimum absolute atomic E-state index is 0.00343. The van der Waals surface area contributed by atoms with E-state index in [9.17, 15) is 4.79 Å². The van der Waals surface area contributed by atoms with Gasteiger partial charge in [-0.2, -0.15) is 0 Å². The minimum Gasteiger partial charge on any atom is -0.346 e. The molecular formula is C12H8BrNOS3. The van der Waals surface area contributed by atoms with E-state index in [2.05, 4.69) is 27.3 Å². The van der Waals surface area contributed by atoms with Gasteiger partial charge < -0.3 is 5.32 Å². The van der Waals surface area contributed by atoms with Gasteiger partial charge in [-0.1, -0.05) is 0 Å². The lowest BCUT2D eigenvalue weighted by molar-refractivity contribution is 0.0955. The van der Waals surface area contributed by atoms with Crippen molar-refractivity contribution in [3.8, 4) is 0 Å². The summed E-state index contributed by atoms with van der Waals surface area (Å²) in [5.74, 6) is 0.00343. The molecule has 6 heteroatoms. The lowest BCUT2D eigenvalue weighted by atomic mass is 10.4. The molecule has 3 heterocycles. The van der Waals surface area contributed by atoms with Crippen LogP contribution in [0.4, 0.5) is 0 Å². The normalized spacial score (nSPS) is 10.9. The quantitative estimate of drug-likeness (QED) is 0.721. The Kier molecular flexibility index (Phi) is 3.52. The van der Waals surface area contributed by atoms with Crippen LogP contribution < -0.4 is 5.32 Å². The zero-order chi connectivity index (χ0) is 12.5. The zero-order valence-corrected chi connectivity index (χ0v) is 13.1. The summed E-state index contributed by atoms with van der Waals surface area (Å²) in [5, 5.41) is 7.00. The van der Waals surface area contributed by atoms with Crippen molar-refractivity contribution in [1.29, 1.82) is 0 Å². The van der Waals surface area contributed by atoms with Crippen molar-refractivity contribution >= 4 is 65.2 Å². The summed E-state index contributed by atoms with van der Waals surface area (Å²) in [6.07, 6.45) is 0. The summed E-state index contributed by atoms with van der Waals surface area (Å²) in [4.78, 5) is 13.9. The summed E-state index contributed by atoms with van der Waals surface area (Å²) in [6, 6.07) is 6.01. The lowest BCUT2D eigenvalue weighted by Crippen LogP contribution is -2.21. The number of hydrogen-bond acceptors (Lipinski definition) is 4. The highest BCUT2D eigenvalue weighted by Crippen LogP contribution is 2.30. The van der Waals surface area contributed by atoms with Crippen LogP contribution in [0.1, 0.15) is 14.5 Å². The molecule has 0 saturated heterocycles. The molecule has 0 unspecified atom stereocenters. The summed E-state index contributed by atoms with van der Waals surface area (Å²) in [5.41, 5.74) is 0. The zero-order valence-electron chi connectivity index (χ0n) is 9.10. The summed E-state index contributed by atoms with van der Waals surface area (Å²) >= 11 is 8.31. The van der Waals surface area contributed by atoms with Gasteiger partial charge in [-0.3, -0.25) is 4.79 Å². The van der Waals surface area contributed by atoms with Crippen LogP contribution in [-0.2, 0) is 6.54 Å². The van der Waals surface area contributed by atoms with Crippen LogP contribution in [0.3, 0.4) is 0 Å². The van der Waals surface area contributed by atoms with E-state index in [1.165, 1.54) is 9.40 Å². The van der Waals surface area contributed by atoms with Crippen LogP contribution in [-0.4, -0.2) is 5.91 Å². The fourth-order valence-electron chi connectivity index (χ4n) is 1.58. The van der Waals surface area contributed by atoms with Crippen molar-refractivity contribution in [1.82, 2.24) is 5.32 Å². The van der Waals surface area contributed by atoms with E-state index < -0.39 is 0 Å². The molecule has 3 rings (SSSR count). The highest BCUT2D eigenvalue weighted by Gasteiger charge is 2.11. The first kappa shape index (κ1) is 12.3. The van der Waals surface area contributed by atoms with Crippen molar-refractivity contribution in [2.24, 2.45) is 0 Å². The predicted octanol–water partition coefficient (Wildman–Crippen LogP) is 4.72. The molecule has 0 atom stereocenters. The van der Waals surface area contributed by atoms with E-state index >= 15 is 0 Å². The van der Waals surface area contributed by atoms with Gasteiger partial charge in [0.2, 0.25) is 0 Å². The first-order valence-corrected chi connectivity index (χ1v) is 8.58. The molecule has 3 aromatic rings. The highest BCUT2D eigenvalue weighted by atomic mass is 79.9. The number of amides is 1. The molecule has 0 aromatic carbocycles. The molecule has 0 radical (unpaired) electrons. The first-order chi connectivity index (χ1) is 8.74. The second-order valence-electron chi connectivity index (χ2n) is 3.63. The molecule has 0 bridgehead atoms. The van der Waals surface area contributed by atoms with E-state index in [0.29, 0.717) is 6.54 Å². The van der Waals surface area contributed by atoms with Crippen LogP contribution in [0.15, 0.2) is 33.4 Å². The molecule has 92 valence electrons. The van der Waals surface area contributed by atoms with E-state index in [-0.39, 0.29) is 5.91 Å². The molecule has 0 aliphatic heterocycles. The SMILES string of the molecule is O=C(NCc1sccc1Br)c1cc2sccc2s1. The van der Waals surface area contributed by atoms with Crippen molar-refractivity contribution in [3.63, 3.8) is 0 Å². The maximum atomic E-state index is 12.0. The van der Waals surface area contributed by atoms with E-state index in [0.717, 1.165) is 14.2 Å². The first-order valence-electron chi connectivity index (χ1n) is 5.21. The largest absolute Gasteiger partial charge is 0.346 e. The number of carbonyl (C=O) groups excluding carboxylic acids is 1. The Morgan fingerprint density at radius 3 is 2.78 bits per heavy atom. The van der Waals surface area contributed by atoms with Crippen molar-refractivity contribution < 1.29 is 4.79 Å². The fraction of sp³-hybridized carbons (Fsp3) is 0.0833. The molecule has 3 aromatic heterocycles. The number of fused-ring (bicyclic) bond motifs is 1. The van der Waals surface area contributed by atoms with Crippen LogP contribution in [0.5, 0.6) is 0 Å². The summed E-state index contributed by atoms with van der Waals surface area (Å²) < 4.78 is 3.42. The van der Waals surface area contributed by atoms with Gasteiger partial charge in [0.25, 0.3) is 5.91 Å². The molecule has 0 aliphatic rings. The van der Waals surface area contributed by atoms with E-state index in [4.69, 9.17) is 0 Å². The molecule has 0 aliphatic carbocycles. The van der Waals surface area contributed by atoms with Crippen molar-refractivity contribution in [2.75, 3.05) is 0 Å². The van der Waals surface area contributed by atoms with Gasteiger partial charge in [0, 0.05) is 18.7 Å². The fourth-order valence-corrected chi connectivity index (χ4v) is 5.03. The minimum atomic E-state index is 0.00343. The Labute approximate surface area is 124 Å². The average Bonchev–Trinajstić information content (AvgIpc) is 3.00. The second-order valence-corrected chi connectivity index (χ2v) is 7.52. The molecule has 0 spiro atoms. The predicted molar refractivity (Wildman–Crippen MR) is 82.9 cm³/mol. The van der Waals surface area contributed by atoms with E-state index in [1.807, 2.05) is 22.9 Å². The third kappa shape index (κ3) is 2.38. The smallest absolute Gasteiger partial charge is 0.261 e. The molecule has 2 nitrogen and oxygen atoms in total. The average molecular weight is 358 g/mol. The van der Waals surface area contributed by atoms with E-state index in [1.54, 1.807) is 34.0 Å². The van der Waals surface area contributed by atoms with Crippen LogP contribution in [0.25, 0.3) is 9.40 Å². The number of nitrogens with one attached hydrogen (secondary N) is 1. The summed E-state index contributed by atoms with van der Waals surface area (Å²) in [6.45, 7) is 0.572. The number of thiophene rings is 3. The Hall–Kier alpha value is -0.690. The van der Waals surface area contributed by atoms with Crippen molar-refractivity contribution in [3.05, 3.63) is 43.2 Å².